The molecule has 1 saturated heterocycles. The van der Waals surface area contributed by atoms with E-state index in [1.54, 1.807) is 18.2 Å². The fraction of sp³-hybridized carbons (Fsp3) is 0.182. The van der Waals surface area contributed by atoms with E-state index in [0.29, 0.717) is 17.6 Å². The maximum absolute atomic E-state index is 13.3. The molecule has 0 radical (unpaired) electrons. The number of cyclic esters (lactones) is 1. The Bertz CT molecular complexity index is 382. The Balaban J connectivity index is 2.30. The Kier molecular flexibility index (Phi) is 2.08. The lowest BCUT2D eigenvalue weighted by molar-refractivity contribution is -0.139. The predicted molar refractivity (Wildman–Crippen MR) is 49.0 cm³/mol. The minimum atomic E-state index is -0.504. The van der Waals surface area contributed by atoms with Crippen molar-refractivity contribution >= 4 is 5.97 Å². The normalized spacial score (nSPS) is 21.1. The topological polar surface area (TPSA) is 26.3 Å². The van der Waals surface area contributed by atoms with Crippen molar-refractivity contribution in [3.05, 3.63) is 47.8 Å². The van der Waals surface area contributed by atoms with Crippen molar-refractivity contribution < 1.29 is 13.9 Å². The van der Waals surface area contributed by atoms with Crippen LogP contribution in [0.1, 0.15) is 18.1 Å². The molecular formula is C11H9FO2. The van der Waals surface area contributed by atoms with Crippen molar-refractivity contribution in [2.24, 2.45) is 0 Å². The molecule has 2 nitrogen and oxygen atoms in total. The number of ether oxygens (including phenoxy) is 1. The summed E-state index contributed by atoms with van der Waals surface area (Å²) in [6.45, 7) is 3.54. The second kappa shape index (κ2) is 3.25. The molecule has 14 heavy (non-hydrogen) atoms. The van der Waals surface area contributed by atoms with Gasteiger partial charge in [0.25, 0.3) is 0 Å². The van der Waals surface area contributed by atoms with Crippen LogP contribution >= 0.6 is 0 Å². The van der Waals surface area contributed by atoms with E-state index in [2.05, 4.69) is 6.58 Å². The lowest BCUT2D eigenvalue weighted by atomic mass is 10.0. The first kappa shape index (κ1) is 8.94. The van der Waals surface area contributed by atoms with E-state index in [9.17, 15) is 9.18 Å². The molecular weight excluding hydrogens is 183 g/mol. The van der Waals surface area contributed by atoms with Gasteiger partial charge in [0, 0.05) is 17.6 Å². The number of rotatable bonds is 1. The van der Waals surface area contributed by atoms with Crippen LogP contribution in [0, 0.1) is 5.82 Å². The summed E-state index contributed by atoms with van der Waals surface area (Å²) in [5.74, 6) is -0.779. The maximum Gasteiger partial charge on any atom is 0.334 e. The Labute approximate surface area is 81.0 Å². The number of hydrogen-bond acceptors (Lipinski definition) is 2. The average molecular weight is 192 g/mol. The van der Waals surface area contributed by atoms with Gasteiger partial charge in [-0.05, 0) is 6.07 Å². The van der Waals surface area contributed by atoms with Crippen LogP contribution in [0.15, 0.2) is 36.4 Å². The van der Waals surface area contributed by atoms with E-state index in [4.69, 9.17) is 4.74 Å². The zero-order valence-corrected chi connectivity index (χ0v) is 7.50. The molecule has 0 bridgehead atoms. The third-order valence-corrected chi connectivity index (χ3v) is 2.22. The number of carbonyl (C=O) groups is 1. The van der Waals surface area contributed by atoms with Gasteiger partial charge < -0.3 is 4.74 Å². The third kappa shape index (κ3) is 1.41. The zero-order valence-electron chi connectivity index (χ0n) is 7.50. The Hall–Kier alpha value is -1.64. The summed E-state index contributed by atoms with van der Waals surface area (Å²) in [6.07, 6.45) is -0.129. The largest absolute Gasteiger partial charge is 0.454 e. The number of benzene rings is 1. The first-order chi connectivity index (χ1) is 6.68. The van der Waals surface area contributed by atoms with Gasteiger partial charge in [-0.3, -0.25) is 0 Å². The molecule has 2 rings (SSSR count). The third-order valence-electron chi connectivity index (χ3n) is 2.22. The molecule has 1 fully saturated rings. The summed E-state index contributed by atoms with van der Waals surface area (Å²) in [6, 6.07) is 6.29. The van der Waals surface area contributed by atoms with E-state index in [0.717, 1.165) is 0 Å². The summed E-state index contributed by atoms with van der Waals surface area (Å²) in [4.78, 5) is 11.0. The second-order valence-electron chi connectivity index (χ2n) is 3.22. The number of esters is 1. The van der Waals surface area contributed by atoms with Crippen molar-refractivity contribution in [1.82, 2.24) is 0 Å². The van der Waals surface area contributed by atoms with Crippen molar-refractivity contribution in [2.75, 3.05) is 0 Å². The molecule has 0 aliphatic carbocycles. The van der Waals surface area contributed by atoms with Crippen molar-refractivity contribution in [3.63, 3.8) is 0 Å². The Morgan fingerprint density at radius 3 is 2.71 bits per heavy atom. The highest BCUT2D eigenvalue weighted by molar-refractivity contribution is 5.90. The minimum Gasteiger partial charge on any atom is -0.454 e. The van der Waals surface area contributed by atoms with Gasteiger partial charge in [-0.25, -0.2) is 9.18 Å². The molecule has 72 valence electrons. The molecule has 1 atom stereocenters. The summed E-state index contributed by atoms with van der Waals surface area (Å²) in [5, 5.41) is 0. The summed E-state index contributed by atoms with van der Waals surface area (Å²) in [7, 11) is 0. The molecule has 1 heterocycles. The first-order valence-corrected chi connectivity index (χ1v) is 4.31. The highest BCUT2D eigenvalue weighted by Gasteiger charge is 2.30. The van der Waals surface area contributed by atoms with Gasteiger partial charge >= 0.3 is 5.97 Å². The molecule has 1 aliphatic rings. The summed E-state index contributed by atoms with van der Waals surface area (Å²) in [5.41, 5.74) is 0.817. The molecule has 0 spiro atoms. The molecule has 0 amide bonds. The van der Waals surface area contributed by atoms with Gasteiger partial charge in [-0.2, -0.15) is 0 Å². The van der Waals surface area contributed by atoms with Gasteiger partial charge in [-0.15, -0.1) is 0 Å². The van der Waals surface area contributed by atoms with Crippen LogP contribution in [0.5, 0.6) is 0 Å². The molecule has 3 heteroatoms. The molecule has 0 aromatic heterocycles. The SMILES string of the molecule is C=C1CC(c2ccccc2F)OC1=O. The Morgan fingerprint density at radius 1 is 1.43 bits per heavy atom. The smallest absolute Gasteiger partial charge is 0.334 e. The van der Waals surface area contributed by atoms with Crippen LogP contribution in [-0.2, 0) is 9.53 Å². The lowest BCUT2D eigenvalue weighted by Gasteiger charge is -2.09. The fourth-order valence-electron chi connectivity index (χ4n) is 1.47. The van der Waals surface area contributed by atoms with E-state index in [1.165, 1.54) is 6.07 Å². The fourth-order valence-corrected chi connectivity index (χ4v) is 1.47. The van der Waals surface area contributed by atoms with Gasteiger partial charge in [0.05, 0.1) is 0 Å². The first-order valence-electron chi connectivity index (χ1n) is 4.31. The molecule has 0 saturated carbocycles. The van der Waals surface area contributed by atoms with E-state index >= 15 is 0 Å². The van der Waals surface area contributed by atoms with E-state index in [1.807, 2.05) is 0 Å². The molecule has 0 N–H and O–H groups in total. The van der Waals surface area contributed by atoms with Gasteiger partial charge in [-0.1, -0.05) is 24.8 Å². The van der Waals surface area contributed by atoms with Gasteiger partial charge in [0.15, 0.2) is 0 Å². The van der Waals surface area contributed by atoms with E-state index in [-0.39, 0.29) is 5.82 Å². The number of halogens is 1. The second-order valence-corrected chi connectivity index (χ2v) is 3.22. The standard InChI is InChI=1S/C11H9FO2/c1-7-6-10(14-11(7)13)8-4-2-3-5-9(8)12/h2-5,10H,1,6H2. The van der Waals surface area contributed by atoms with E-state index < -0.39 is 12.1 Å². The van der Waals surface area contributed by atoms with Crippen molar-refractivity contribution in [2.45, 2.75) is 12.5 Å². The number of carbonyl (C=O) groups excluding carboxylic acids is 1. The predicted octanol–water partition coefficient (Wildman–Crippen LogP) is 2.37. The van der Waals surface area contributed by atoms with Crippen LogP contribution in [0.25, 0.3) is 0 Å². The quantitative estimate of drug-likeness (QED) is 0.504. The molecule has 1 unspecified atom stereocenters. The maximum atomic E-state index is 13.3. The number of hydrogen-bond donors (Lipinski definition) is 0. The zero-order chi connectivity index (χ0) is 10.1. The summed E-state index contributed by atoms with van der Waals surface area (Å²) >= 11 is 0. The van der Waals surface area contributed by atoms with Crippen LogP contribution in [-0.4, -0.2) is 5.97 Å². The highest BCUT2D eigenvalue weighted by Crippen LogP contribution is 2.33. The molecule has 1 aliphatic heterocycles. The minimum absolute atomic E-state index is 0.347. The van der Waals surface area contributed by atoms with Crippen LogP contribution in [0.2, 0.25) is 0 Å². The van der Waals surface area contributed by atoms with Crippen molar-refractivity contribution in [3.8, 4) is 0 Å². The van der Waals surface area contributed by atoms with Crippen LogP contribution in [0.3, 0.4) is 0 Å². The lowest BCUT2D eigenvalue weighted by Crippen LogP contribution is -2.00. The average Bonchev–Trinajstić information content (AvgIpc) is 2.48. The summed E-state index contributed by atoms with van der Waals surface area (Å²) < 4.78 is 18.2. The molecule has 1 aromatic carbocycles. The van der Waals surface area contributed by atoms with Gasteiger partial charge in [0.1, 0.15) is 11.9 Å². The van der Waals surface area contributed by atoms with Crippen LogP contribution in [0.4, 0.5) is 4.39 Å². The Morgan fingerprint density at radius 2 is 2.14 bits per heavy atom. The van der Waals surface area contributed by atoms with Crippen molar-refractivity contribution in [1.29, 1.82) is 0 Å². The van der Waals surface area contributed by atoms with Crippen LogP contribution < -0.4 is 0 Å². The van der Waals surface area contributed by atoms with Gasteiger partial charge in [0.2, 0.25) is 0 Å². The monoisotopic (exact) mass is 192 g/mol. The highest BCUT2D eigenvalue weighted by atomic mass is 19.1. The molecule has 1 aromatic rings.